The van der Waals surface area contributed by atoms with E-state index in [-0.39, 0.29) is 6.04 Å². The van der Waals surface area contributed by atoms with Crippen LogP contribution in [0.2, 0.25) is 0 Å². The number of rotatable bonds is 6. The maximum atomic E-state index is 10.9. The highest BCUT2D eigenvalue weighted by atomic mass is 16.4. The Morgan fingerprint density at radius 3 is 2.47 bits per heavy atom. The molecule has 150 valence electrons. The van der Waals surface area contributed by atoms with Gasteiger partial charge < -0.3 is 9.67 Å². The smallest absolute Gasteiger partial charge is 0.328 e. The first-order chi connectivity index (χ1) is 14.5. The van der Waals surface area contributed by atoms with Crippen molar-refractivity contribution in [2.45, 2.75) is 26.3 Å². The van der Waals surface area contributed by atoms with Gasteiger partial charge in [-0.15, -0.1) is 0 Å². The van der Waals surface area contributed by atoms with Gasteiger partial charge in [0.1, 0.15) is 0 Å². The van der Waals surface area contributed by atoms with E-state index in [0.29, 0.717) is 6.42 Å². The fourth-order valence-corrected chi connectivity index (χ4v) is 4.12. The first-order valence-electron chi connectivity index (χ1n) is 10.1. The lowest BCUT2D eigenvalue weighted by molar-refractivity contribution is -0.131. The molecular weight excluding hydrogens is 370 g/mol. The predicted octanol–water partition coefficient (Wildman–Crippen LogP) is 6.16. The molecule has 1 heterocycles. The van der Waals surface area contributed by atoms with Gasteiger partial charge in [-0.25, -0.2) is 4.79 Å². The number of aromatic nitrogens is 1. The molecule has 3 aromatic carbocycles. The van der Waals surface area contributed by atoms with Gasteiger partial charge in [-0.1, -0.05) is 71.8 Å². The number of allylic oxidation sites excluding steroid dienone is 1. The van der Waals surface area contributed by atoms with Crippen LogP contribution in [-0.4, -0.2) is 15.6 Å². The Balaban J connectivity index is 1.78. The molecule has 0 aliphatic heterocycles. The number of carboxylic acid groups (broad SMARTS) is 1. The third-order valence-corrected chi connectivity index (χ3v) is 5.39. The van der Waals surface area contributed by atoms with E-state index in [0.717, 1.165) is 22.0 Å². The molecule has 1 N–H and O–H groups in total. The van der Waals surface area contributed by atoms with Crippen molar-refractivity contribution < 1.29 is 9.90 Å². The Labute approximate surface area is 176 Å². The summed E-state index contributed by atoms with van der Waals surface area (Å²) in [5, 5.41) is 10.1. The summed E-state index contributed by atoms with van der Waals surface area (Å²) in [6, 6.07) is 27.8. The van der Waals surface area contributed by atoms with Gasteiger partial charge >= 0.3 is 5.97 Å². The second kappa shape index (κ2) is 8.42. The fourth-order valence-electron chi connectivity index (χ4n) is 4.12. The Hall–Kier alpha value is -3.59. The molecule has 0 saturated heterocycles. The summed E-state index contributed by atoms with van der Waals surface area (Å²) in [5.74, 6) is -0.899. The van der Waals surface area contributed by atoms with Gasteiger partial charge in [0.25, 0.3) is 0 Å². The average molecular weight is 396 g/mol. The summed E-state index contributed by atoms with van der Waals surface area (Å²) in [4.78, 5) is 10.9. The molecule has 0 spiro atoms. The molecule has 0 fully saturated rings. The van der Waals surface area contributed by atoms with Crippen LogP contribution in [-0.2, 0) is 11.2 Å². The number of hydrogen-bond donors (Lipinski definition) is 1. The van der Waals surface area contributed by atoms with Crippen LogP contribution >= 0.6 is 0 Å². The average Bonchev–Trinajstić information content (AvgIpc) is 3.11. The number of carboxylic acids is 1. The maximum Gasteiger partial charge on any atom is 0.328 e. The SMILES string of the molecule is CC(=CC(=O)O)Cc1ccc2c(ccn2C(c2ccccc2)c2cccc(C)c2)c1. The highest BCUT2D eigenvalue weighted by Gasteiger charge is 2.18. The summed E-state index contributed by atoms with van der Waals surface area (Å²) in [6.07, 6.45) is 4.06. The van der Waals surface area contributed by atoms with Crippen molar-refractivity contribution in [3.63, 3.8) is 0 Å². The quantitative estimate of drug-likeness (QED) is 0.397. The second-order valence-corrected chi connectivity index (χ2v) is 7.85. The highest BCUT2D eigenvalue weighted by molar-refractivity contribution is 5.82. The van der Waals surface area contributed by atoms with Crippen LogP contribution in [0.4, 0.5) is 0 Å². The van der Waals surface area contributed by atoms with Crippen molar-refractivity contribution in [2.24, 2.45) is 0 Å². The van der Waals surface area contributed by atoms with Gasteiger partial charge in [0.05, 0.1) is 6.04 Å². The lowest BCUT2D eigenvalue weighted by Crippen LogP contribution is -2.11. The number of fused-ring (bicyclic) bond motifs is 1. The van der Waals surface area contributed by atoms with Crippen molar-refractivity contribution in [2.75, 3.05) is 0 Å². The minimum Gasteiger partial charge on any atom is -0.478 e. The first-order valence-corrected chi connectivity index (χ1v) is 10.1. The summed E-state index contributed by atoms with van der Waals surface area (Å²) < 4.78 is 2.32. The zero-order valence-electron chi connectivity index (χ0n) is 17.2. The van der Waals surface area contributed by atoms with E-state index in [1.807, 2.05) is 13.0 Å². The Kier molecular flexibility index (Phi) is 5.53. The minimum atomic E-state index is -0.899. The van der Waals surface area contributed by atoms with Crippen LogP contribution in [0.1, 0.15) is 35.2 Å². The molecule has 30 heavy (non-hydrogen) atoms. The number of nitrogens with zero attached hydrogens (tertiary/aromatic N) is 1. The molecule has 1 aromatic heterocycles. The lowest BCUT2D eigenvalue weighted by atomic mass is 9.97. The molecule has 0 aliphatic carbocycles. The molecule has 4 rings (SSSR count). The van der Waals surface area contributed by atoms with Crippen LogP contribution < -0.4 is 0 Å². The van der Waals surface area contributed by atoms with Crippen LogP contribution in [0.25, 0.3) is 10.9 Å². The van der Waals surface area contributed by atoms with E-state index < -0.39 is 5.97 Å². The molecular formula is C27H25NO2. The van der Waals surface area contributed by atoms with E-state index in [9.17, 15) is 4.79 Å². The zero-order valence-corrected chi connectivity index (χ0v) is 17.2. The second-order valence-electron chi connectivity index (χ2n) is 7.85. The fraction of sp³-hybridized carbons (Fsp3) is 0.148. The van der Waals surface area contributed by atoms with Crippen molar-refractivity contribution in [3.8, 4) is 0 Å². The van der Waals surface area contributed by atoms with E-state index in [1.54, 1.807) is 0 Å². The molecule has 3 nitrogen and oxygen atoms in total. The van der Waals surface area contributed by atoms with Gasteiger partial charge in [0, 0.05) is 17.8 Å². The Bertz CT molecular complexity index is 1220. The Morgan fingerprint density at radius 2 is 1.73 bits per heavy atom. The van der Waals surface area contributed by atoms with Gasteiger partial charge in [-0.05, 0) is 60.5 Å². The number of benzene rings is 3. The topological polar surface area (TPSA) is 42.2 Å². The van der Waals surface area contributed by atoms with Gasteiger partial charge in [0.2, 0.25) is 0 Å². The van der Waals surface area contributed by atoms with Gasteiger partial charge in [0.15, 0.2) is 0 Å². The zero-order chi connectivity index (χ0) is 21.1. The molecule has 0 radical (unpaired) electrons. The number of carbonyl (C=O) groups is 1. The van der Waals surface area contributed by atoms with E-state index in [4.69, 9.17) is 5.11 Å². The van der Waals surface area contributed by atoms with Crippen molar-refractivity contribution >= 4 is 16.9 Å². The normalized spacial score (nSPS) is 12.8. The molecule has 0 saturated carbocycles. The molecule has 0 aliphatic rings. The minimum absolute atomic E-state index is 0.0862. The summed E-state index contributed by atoms with van der Waals surface area (Å²) in [5.41, 5.74) is 6.85. The lowest BCUT2D eigenvalue weighted by Gasteiger charge is -2.22. The predicted molar refractivity (Wildman–Crippen MR) is 122 cm³/mol. The standard InChI is InChI=1S/C27H25NO2/c1-19-7-6-10-24(16-19)27(22-8-4-3-5-9-22)28-14-13-23-18-21(11-12-25(23)28)15-20(2)17-26(29)30/h3-14,16-18,27H,15H2,1-2H3,(H,29,30). The van der Waals surface area contributed by atoms with Crippen LogP contribution in [0.3, 0.4) is 0 Å². The Morgan fingerprint density at radius 1 is 0.967 bits per heavy atom. The number of hydrogen-bond acceptors (Lipinski definition) is 1. The van der Waals surface area contributed by atoms with Gasteiger partial charge in [-0.2, -0.15) is 0 Å². The molecule has 0 amide bonds. The number of aryl methyl sites for hydroxylation is 1. The maximum absolute atomic E-state index is 10.9. The number of aliphatic carboxylic acids is 1. The van der Waals surface area contributed by atoms with Crippen molar-refractivity contribution in [1.82, 2.24) is 4.57 Å². The summed E-state index contributed by atoms with van der Waals surface area (Å²) in [7, 11) is 0. The summed E-state index contributed by atoms with van der Waals surface area (Å²) >= 11 is 0. The van der Waals surface area contributed by atoms with Crippen molar-refractivity contribution in [3.05, 3.63) is 119 Å². The molecule has 4 aromatic rings. The first kappa shape index (κ1) is 19.7. The largest absolute Gasteiger partial charge is 0.478 e. The summed E-state index contributed by atoms with van der Waals surface area (Å²) in [6.45, 7) is 3.98. The monoisotopic (exact) mass is 395 g/mol. The third-order valence-electron chi connectivity index (χ3n) is 5.39. The van der Waals surface area contributed by atoms with E-state index in [2.05, 4.69) is 90.5 Å². The molecule has 0 bridgehead atoms. The van der Waals surface area contributed by atoms with Crippen LogP contribution in [0.5, 0.6) is 0 Å². The molecule has 1 unspecified atom stereocenters. The van der Waals surface area contributed by atoms with Crippen LogP contribution in [0, 0.1) is 6.92 Å². The molecule has 3 heteroatoms. The van der Waals surface area contributed by atoms with E-state index in [1.165, 1.54) is 22.8 Å². The van der Waals surface area contributed by atoms with Gasteiger partial charge in [-0.3, -0.25) is 0 Å². The van der Waals surface area contributed by atoms with Crippen LogP contribution in [0.15, 0.2) is 96.7 Å². The van der Waals surface area contributed by atoms with E-state index >= 15 is 0 Å². The third kappa shape index (κ3) is 4.20. The van der Waals surface area contributed by atoms with Crippen molar-refractivity contribution in [1.29, 1.82) is 0 Å². The molecule has 1 atom stereocenters. The highest BCUT2D eigenvalue weighted by Crippen LogP contribution is 2.32.